The van der Waals surface area contributed by atoms with E-state index < -0.39 is 0 Å². The third-order valence-corrected chi connectivity index (χ3v) is 2.75. The zero-order valence-corrected chi connectivity index (χ0v) is 10.0. The summed E-state index contributed by atoms with van der Waals surface area (Å²) < 4.78 is 1.60. The highest BCUT2D eigenvalue weighted by atomic mass is 35.5. The molecule has 90 valence electrons. The average molecular weight is 261 g/mol. The van der Waals surface area contributed by atoms with Gasteiger partial charge in [0.2, 0.25) is 0 Å². The van der Waals surface area contributed by atoms with Crippen molar-refractivity contribution >= 4 is 23.1 Å². The lowest BCUT2D eigenvalue weighted by molar-refractivity contribution is 0.819. The van der Waals surface area contributed by atoms with Crippen molar-refractivity contribution in [1.82, 2.24) is 25.0 Å². The Balaban J connectivity index is 1.80. The maximum Gasteiger partial charge on any atom is 0.199 e. The smallest absolute Gasteiger partial charge is 0.199 e. The summed E-state index contributed by atoms with van der Waals surface area (Å²) >= 11 is 5.83. The van der Waals surface area contributed by atoms with E-state index in [-0.39, 0.29) is 0 Å². The molecule has 6 nitrogen and oxygen atoms in total. The molecule has 0 aliphatic carbocycles. The van der Waals surface area contributed by atoms with Crippen LogP contribution in [0.3, 0.4) is 0 Å². The number of nitrogens with zero attached hydrogens (tertiary/aromatic N) is 5. The second kappa shape index (κ2) is 4.58. The molecule has 3 aromatic rings. The zero-order chi connectivity index (χ0) is 12.4. The summed E-state index contributed by atoms with van der Waals surface area (Å²) in [5.74, 6) is 0.743. The second-order valence-corrected chi connectivity index (χ2v) is 4.16. The van der Waals surface area contributed by atoms with Crippen LogP contribution in [0.25, 0.3) is 5.65 Å². The van der Waals surface area contributed by atoms with Gasteiger partial charge in [0, 0.05) is 11.6 Å². The molecule has 2 aromatic heterocycles. The first kappa shape index (κ1) is 10.9. The van der Waals surface area contributed by atoms with Crippen LogP contribution in [-0.2, 0) is 6.54 Å². The maximum atomic E-state index is 5.83. The van der Waals surface area contributed by atoms with Crippen molar-refractivity contribution in [1.29, 1.82) is 0 Å². The molecule has 0 saturated heterocycles. The van der Waals surface area contributed by atoms with Crippen molar-refractivity contribution in [3.05, 3.63) is 47.2 Å². The second-order valence-electron chi connectivity index (χ2n) is 3.72. The van der Waals surface area contributed by atoms with Crippen LogP contribution in [0.15, 0.2) is 36.7 Å². The topological polar surface area (TPSA) is 68.0 Å². The third-order valence-electron chi connectivity index (χ3n) is 2.50. The number of nitrogens with one attached hydrogen (secondary N) is 1. The molecule has 18 heavy (non-hydrogen) atoms. The molecule has 7 heteroatoms. The standard InChI is InChI=1S/C11H9ClN6/c12-9-3-1-8(2-4-9)5-14-10-6-13-7-11-15-16-17-18(10)11/h1-4,6-7,14H,5H2. The molecule has 0 radical (unpaired) electrons. The number of fused-ring (bicyclic) bond motifs is 1. The van der Waals surface area contributed by atoms with Gasteiger partial charge in [-0.1, -0.05) is 23.7 Å². The number of hydrogen-bond acceptors (Lipinski definition) is 5. The van der Waals surface area contributed by atoms with E-state index in [9.17, 15) is 0 Å². The number of hydrogen-bond donors (Lipinski definition) is 1. The molecule has 0 amide bonds. The molecule has 0 unspecified atom stereocenters. The minimum absolute atomic E-state index is 0.608. The van der Waals surface area contributed by atoms with E-state index in [1.54, 1.807) is 16.9 Å². The molecular weight excluding hydrogens is 252 g/mol. The Morgan fingerprint density at radius 1 is 1.17 bits per heavy atom. The maximum absolute atomic E-state index is 5.83. The van der Waals surface area contributed by atoms with Gasteiger partial charge in [0.15, 0.2) is 11.5 Å². The van der Waals surface area contributed by atoms with E-state index >= 15 is 0 Å². The third kappa shape index (κ3) is 2.10. The molecule has 1 N–H and O–H groups in total. The van der Waals surface area contributed by atoms with Gasteiger partial charge in [0.05, 0.1) is 12.4 Å². The molecule has 2 heterocycles. The number of halogens is 1. The number of benzene rings is 1. The van der Waals surface area contributed by atoms with E-state index in [1.807, 2.05) is 24.3 Å². The van der Waals surface area contributed by atoms with Crippen LogP contribution in [0.4, 0.5) is 5.82 Å². The van der Waals surface area contributed by atoms with Crippen molar-refractivity contribution in [2.45, 2.75) is 6.54 Å². The van der Waals surface area contributed by atoms with Gasteiger partial charge in [-0.15, -0.1) is 5.10 Å². The van der Waals surface area contributed by atoms with E-state index in [1.165, 1.54) is 0 Å². The van der Waals surface area contributed by atoms with Crippen LogP contribution in [0.1, 0.15) is 5.56 Å². The van der Waals surface area contributed by atoms with Gasteiger partial charge in [0.1, 0.15) is 0 Å². The van der Waals surface area contributed by atoms with Crippen LogP contribution in [0.5, 0.6) is 0 Å². The van der Waals surface area contributed by atoms with Crippen molar-refractivity contribution in [3.8, 4) is 0 Å². The fourth-order valence-electron chi connectivity index (χ4n) is 1.59. The highest BCUT2D eigenvalue weighted by Crippen LogP contribution is 2.12. The molecule has 0 fully saturated rings. The van der Waals surface area contributed by atoms with Gasteiger partial charge in [0.25, 0.3) is 0 Å². The Labute approximate surface area is 108 Å². The van der Waals surface area contributed by atoms with Crippen LogP contribution in [0.2, 0.25) is 5.02 Å². The molecule has 0 aliphatic heterocycles. The highest BCUT2D eigenvalue weighted by Gasteiger charge is 2.03. The Bertz CT molecular complexity index is 663. The number of tetrazole rings is 1. The van der Waals surface area contributed by atoms with Gasteiger partial charge in [-0.25, -0.2) is 0 Å². The van der Waals surface area contributed by atoms with Gasteiger partial charge in [-0.05, 0) is 28.1 Å². The summed E-state index contributed by atoms with van der Waals surface area (Å²) in [6.45, 7) is 0.651. The Morgan fingerprint density at radius 2 is 2.00 bits per heavy atom. The van der Waals surface area contributed by atoms with Gasteiger partial charge >= 0.3 is 0 Å². The largest absolute Gasteiger partial charge is 0.365 e. The predicted molar refractivity (Wildman–Crippen MR) is 67.4 cm³/mol. The predicted octanol–water partition coefficient (Wildman–Crippen LogP) is 1.78. The number of aromatic nitrogens is 5. The first-order chi connectivity index (χ1) is 8.83. The number of rotatable bonds is 3. The van der Waals surface area contributed by atoms with Crippen molar-refractivity contribution in [2.75, 3.05) is 5.32 Å². The van der Waals surface area contributed by atoms with Crippen molar-refractivity contribution in [3.63, 3.8) is 0 Å². The summed E-state index contributed by atoms with van der Waals surface area (Å²) in [6, 6.07) is 7.63. The quantitative estimate of drug-likeness (QED) is 0.778. The van der Waals surface area contributed by atoms with Gasteiger partial charge in [-0.3, -0.25) is 4.98 Å². The van der Waals surface area contributed by atoms with E-state index in [4.69, 9.17) is 11.6 Å². The summed E-state index contributed by atoms with van der Waals surface area (Å²) in [4.78, 5) is 4.06. The first-order valence-electron chi connectivity index (χ1n) is 5.33. The minimum Gasteiger partial charge on any atom is -0.365 e. The monoisotopic (exact) mass is 260 g/mol. The van der Waals surface area contributed by atoms with Gasteiger partial charge < -0.3 is 5.32 Å². The van der Waals surface area contributed by atoms with E-state index in [0.717, 1.165) is 16.4 Å². The molecule has 0 atom stereocenters. The Hall–Kier alpha value is -2.21. The van der Waals surface area contributed by atoms with Gasteiger partial charge in [-0.2, -0.15) is 4.52 Å². The summed E-state index contributed by atoms with van der Waals surface area (Å²) in [7, 11) is 0. The highest BCUT2D eigenvalue weighted by molar-refractivity contribution is 6.30. The minimum atomic E-state index is 0.608. The average Bonchev–Trinajstić information content (AvgIpc) is 2.87. The first-order valence-corrected chi connectivity index (χ1v) is 5.71. The Kier molecular flexibility index (Phi) is 2.77. The van der Waals surface area contributed by atoms with Crippen LogP contribution in [-0.4, -0.2) is 25.0 Å². The van der Waals surface area contributed by atoms with Crippen molar-refractivity contribution in [2.24, 2.45) is 0 Å². The fourth-order valence-corrected chi connectivity index (χ4v) is 1.72. The van der Waals surface area contributed by atoms with Crippen LogP contribution in [0, 0.1) is 0 Å². The Morgan fingerprint density at radius 3 is 2.83 bits per heavy atom. The van der Waals surface area contributed by atoms with E-state index in [0.29, 0.717) is 12.2 Å². The molecule has 0 bridgehead atoms. The van der Waals surface area contributed by atoms with Crippen LogP contribution < -0.4 is 5.32 Å². The summed E-state index contributed by atoms with van der Waals surface area (Å²) in [6.07, 6.45) is 3.28. The lowest BCUT2D eigenvalue weighted by atomic mass is 10.2. The molecule has 3 rings (SSSR count). The molecular formula is C11H9ClN6. The summed E-state index contributed by atoms with van der Waals surface area (Å²) in [5.41, 5.74) is 1.72. The van der Waals surface area contributed by atoms with E-state index in [2.05, 4.69) is 25.8 Å². The summed E-state index contributed by atoms with van der Waals surface area (Å²) in [5, 5.41) is 15.2. The van der Waals surface area contributed by atoms with Crippen LogP contribution >= 0.6 is 11.6 Å². The molecule has 0 saturated carbocycles. The SMILES string of the molecule is Clc1ccc(CNc2cncc3nnnn23)cc1. The molecule has 1 aromatic carbocycles. The normalized spacial score (nSPS) is 10.7. The van der Waals surface area contributed by atoms with Crippen molar-refractivity contribution < 1.29 is 0 Å². The zero-order valence-electron chi connectivity index (χ0n) is 9.29. The molecule has 0 spiro atoms. The lowest BCUT2D eigenvalue weighted by Crippen LogP contribution is -2.05. The number of anilines is 1. The lowest BCUT2D eigenvalue weighted by Gasteiger charge is -2.06. The molecule has 0 aliphatic rings. The fraction of sp³-hybridized carbons (Fsp3) is 0.0909.